The van der Waals surface area contributed by atoms with Crippen LogP contribution in [0.1, 0.15) is 34.1 Å². The summed E-state index contributed by atoms with van der Waals surface area (Å²) < 4.78 is 10.6. The van der Waals surface area contributed by atoms with Gasteiger partial charge in [-0.1, -0.05) is 13.8 Å². The Morgan fingerprint density at radius 3 is 2.35 bits per heavy atom. The van der Waals surface area contributed by atoms with Gasteiger partial charge in [-0.25, -0.2) is 0 Å². The van der Waals surface area contributed by atoms with E-state index in [1.807, 2.05) is 0 Å². The molecule has 2 atom stereocenters. The maximum atomic E-state index is 5.53. The maximum Gasteiger partial charge on any atom is 0.0625 e. The molecule has 0 bridgehead atoms. The lowest BCUT2D eigenvalue weighted by atomic mass is 9.97. The van der Waals surface area contributed by atoms with Crippen LogP contribution in [-0.2, 0) is 9.47 Å². The van der Waals surface area contributed by atoms with Crippen molar-refractivity contribution in [3.63, 3.8) is 0 Å². The van der Waals surface area contributed by atoms with Crippen LogP contribution in [0.5, 0.6) is 0 Å². The Balaban J connectivity index is 2.32. The van der Waals surface area contributed by atoms with E-state index in [1.54, 1.807) is 14.2 Å². The molecule has 0 amide bonds. The van der Waals surface area contributed by atoms with E-state index in [0.717, 1.165) is 38.0 Å². The summed E-state index contributed by atoms with van der Waals surface area (Å²) in [6, 6.07) is 0. The van der Waals surface area contributed by atoms with Crippen molar-refractivity contribution >= 4 is 0 Å². The Bertz CT molecular complexity index is 238. The number of hydrogen-bond acceptors (Lipinski definition) is 3. The molecule has 1 aliphatic carbocycles. The van der Waals surface area contributed by atoms with Crippen molar-refractivity contribution in [1.82, 2.24) is 5.32 Å². The Kier molecular flexibility index (Phi) is 4.99. The third kappa shape index (κ3) is 3.94. The number of methoxy groups -OCH3 is 2. The molecule has 3 nitrogen and oxygen atoms in total. The van der Waals surface area contributed by atoms with Crippen molar-refractivity contribution in [2.45, 2.75) is 39.7 Å². The molecule has 0 aromatic heterocycles. The highest BCUT2D eigenvalue weighted by Gasteiger charge is 2.57. The normalized spacial score (nSPS) is 27.2. The fourth-order valence-corrected chi connectivity index (χ4v) is 2.71. The summed E-state index contributed by atoms with van der Waals surface area (Å²) in [7, 11) is 3.55. The first-order chi connectivity index (χ1) is 7.85. The quantitative estimate of drug-likeness (QED) is 0.664. The number of nitrogens with one attached hydrogen (secondary N) is 1. The SMILES string of the molecule is COCCNCC1C(CC(C)(C)OC)C1(C)C. The van der Waals surface area contributed by atoms with Crippen LogP contribution < -0.4 is 5.32 Å². The summed E-state index contributed by atoms with van der Waals surface area (Å²) in [6.45, 7) is 11.9. The molecule has 0 spiro atoms. The molecule has 1 fully saturated rings. The fourth-order valence-electron chi connectivity index (χ4n) is 2.71. The van der Waals surface area contributed by atoms with Gasteiger partial charge in [-0.05, 0) is 44.1 Å². The molecular weight excluding hydrogens is 214 g/mol. The zero-order valence-electron chi connectivity index (χ0n) is 12.3. The van der Waals surface area contributed by atoms with Crippen LogP contribution in [0.15, 0.2) is 0 Å². The lowest BCUT2D eigenvalue weighted by Gasteiger charge is -2.23. The Labute approximate surface area is 106 Å². The van der Waals surface area contributed by atoms with E-state index < -0.39 is 0 Å². The molecule has 0 heterocycles. The molecule has 1 saturated carbocycles. The first-order valence-electron chi connectivity index (χ1n) is 6.60. The van der Waals surface area contributed by atoms with Crippen molar-refractivity contribution in [3.8, 4) is 0 Å². The van der Waals surface area contributed by atoms with Crippen LogP contribution in [-0.4, -0.2) is 39.5 Å². The molecule has 102 valence electrons. The number of hydrogen-bond donors (Lipinski definition) is 1. The zero-order valence-corrected chi connectivity index (χ0v) is 12.3. The monoisotopic (exact) mass is 243 g/mol. The Morgan fingerprint density at radius 1 is 1.18 bits per heavy atom. The molecule has 0 radical (unpaired) electrons. The molecule has 0 saturated heterocycles. The second kappa shape index (κ2) is 5.68. The predicted molar refractivity (Wildman–Crippen MR) is 71.2 cm³/mol. The van der Waals surface area contributed by atoms with Crippen LogP contribution in [0.2, 0.25) is 0 Å². The van der Waals surface area contributed by atoms with Crippen molar-refractivity contribution in [1.29, 1.82) is 0 Å². The molecule has 1 rings (SSSR count). The fraction of sp³-hybridized carbons (Fsp3) is 1.00. The van der Waals surface area contributed by atoms with E-state index in [1.165, 1.54) is 0 Å². The highest BCUT2D eigenvalue weighted by molar-refractivity contribution is 5.07. The van der Waals surface area contributed by atoms with Crippen LogP contribution in [0.3, 0.4) is 0 Å². The number of ether oxygens (including phenoxy) is 2. The van der Waals surface area contributed by atoms with Crippen LogP contribution >= 0.6 is 0 Å². The summed E-state index contributed by atoms with van der Waals surface area (Å²) in [6.07, 6.45) is 1.15. The molecule has 1 N–H and O–H groups in total. The van der Waals surface area contributed by atoms with Gasteiger partial charge >= 0.3 is 0 Å². The van der Waals surface area contributed by atoms with E-state index in [2.05, 4.69) is 33.0 Å². The highest BCUT2D eigenvalue weighted by Crippen LogP contribution is 2.61. The maximum absolute atomic E-state index is 5.53. The van der Waals surface area contributed by atoms with E-state index in [-0.39, 0.29) is 5.60 Å². The summed E-state index contributed by atoms with van der Waals surface area (Å²) >= 11 is 0. The third-order valence-electron chi connectivity index (χ3n) is 4.40. The van der Waals surface area contributed by atoms with Gasteiger partial charge in [0.05, 0.1) is 12.2 Å². The van der Waals surface area contributed by atoms with Crippen molar-refractivity contribution in [2.75, 3.05) is 33.9 Å². The molecule has 2 unspecified atom stereocenters. The summed E-state index contributed by atoms with van der Waals surface area (Å²) in [5.41, 5.74) is 0.457. The molecule has 1 aliphatic rings. The Morgan fingerprint density at radius 2 is 1.82 bits per heavy atom. The summed E-state index contributed by atoms with van der Waals surface area (Å²) in [4.78, 5) is 0. The number of rotatable bonds is 8. The summed E-state index contributed by atoms with van der Waals surface area (Å²) in [5.74, 6) is 1.54. The molecule has 17 heavy (non-hydrogen) atoms. The van der Waals surface area contributed by atoms with Crippen LogP contribution in [0, 0.1) is 17.3 Å². The predicted octanol–water partition coefficient (Wildman–Crippen LogP) is 2.31. The molecule has 0 aliphatic heterocycles. The van der Waals surface area contributed by atoms with Gasteiger partial charge in [0.25, 0.3) is 0 Å². The minimum Gasteiger partial charge on any atom is -0.383 e. The average Bonchev–Trinajstić information content (AvgIpc) is 2.75. The lowest BCUT2D eigenvalue weighted by molar-refractivity contribution is 0.00753. The van der Waals surface area contributed by atoms with Gasteiger partial charge in [-0.3, -0.25) is 0 Å². The van der Waals surface area contributed by atoms with Crippen molar-refractivity contribution in [3.05, 3.63) is 0 Å². The first kappa shape index (κ1) is 14.9. The minimum atomic E-state index is 0.00319. The van der Waals surface area contributed by atoms with E-state index in [4.69, 9.17) is 9.47 Å². The van der Waals surface area contributed by atoms with E-state index >= 15 is 0 Å². The van der Waals surface area contributed by atoms with Gasteiger partial charge in [0.2, 0.25) is 0 Å². The molecule has 0 aromatic rings. The van der Waals surface area contributed by atoms with Crippen molar-refractivity contribution in [2.24, 2.45) is 17.3 Å². The van der Waals surface area contributed by atoms with Crippen LogP contribution in [0.25, 0.3) is 0 Å². The minimum absolute atomic E-state index is 0.00319. The zero-order chi connectivity index (χ0) is 13.1. The van der Waals surface area contributed by atoms with E-state index in [0.29, 0.717) is 5.41 Å². The smallest absolute Gasteiger partial charge is 0.0625 e. The van der Waals surface area contributed by atoms with Gasteiger partial charge in [0, 0.05) is 20.8 Å². The Hall–Kier alpha value is -0.120. The van der Waals surface area contributed by atoms with Gasteiger partial charge < -0.3 is 14.8 Å². The largest absolute Gasteiger partial charge is 0.383 e. The topological polar surface area (TPSA) is 30.5 Å². The second-order valence-corrected chi connectivity index (χ2v) is 6.40. The highest BCUT2D eigenvalue weighted by atomic mass is 16.5. The molecule has 3 heteroatoms. The first-order valence-corrected chi connectivity index (χ1v) is 6.60. The van der Waals surface area contributed by atoms with Gasteiger partial charge in [-0.15, -0.1) is 0 Å². The van der Waals surface area contributed by atoms with Crippen molar-refractivity contribution < 1.29 is 9.47 Å². The standard InChI is InChI=1S/C14H29NO2/c1-13(2,17-6)9-11-12(14(11,3)4)10-15-7-8-16-5/h11-12,15H,7-10H2,1-6H3. The van der Waals surface area contributed by atoms with Crippen LogP contribution in [0.4, 0.5) is 0 Å². The van der Waals surface area contributed by atoms with Gasteiger partial charge in [0.1, 0.15) is 0 Å². The average molecular weight is 243 g/mol. The summed E-state index contributed by atoms with van der Waals surface area (Å²) in [5, 5.41) is 3.47. The van der Waals surface area contributed by atoms with E-state index in [9.17, 15) is 0 Å². The van der Waals surface area contributed by atoms with Gasteiger partial charge in [-0.2, -0.15) is 0 Å². The lowest BCUT2D eigenvalue weighted by Crippen LogP contribution is -2.25. The molecule has 0 aromatic carbocycles. The van der Waals surface area contributed by atoms with Gasteiger partial charge in [0.15, 0.2) is 0 Å². The molecular formula is C14H29NO2. The second-order valence-electron chi connectivity index (χ2n) is 6.40. The third-order valence-corrected chi connectivity index (χ3v) is 4.40.